The highest BCUT2D eigenvalue weighted by molar-refractivity contribution is 5.84. The van der Waals surface area contributed by atoms with Crippen LogP contribution in [0.5, 0.6) is 0 Å². The largest absolute Gasteiger partial charge is 0.373 e. The first kappa shape index (κ1) is 12.4. The molecule has 1 amide bonds. The first-order chi connectivity index (χ1) is 6.81. The van der Waals surface area contributed by atoms with Crippen molar-refractivity contribution in [3.63, 3.8) is 0 Å². The van der Waals surface area contributed by atoms with Gasteiger partial charge < -0.3 is 16.2 Å². The van der Waals surface area contributed by atoms with Gasteiger partial charge >= 0.3 is 0 Å². The number of nitrogens with zero attached hydrogens (tertiary/aromatic N) is 1. The lowest BCUT2D eigenvalue weighted by Crippen LogP contribution is -2.59. The molecule has 15 heavy (non-hydrogen) atoms. The van der Waals surface area contributed by atoms with Gasteiger partial charge in [0.25, 0.3) is 0 Å². The van der Waals surface area contributed by atoms with Crippen LogP contribution in [0.1, 0.15) is 20.8 Å². The van der Waals surface area contributed by atoms with E-state index in [1.807, 2.05) is 13.8 Å². The quantitative estimate of drug-likeness (QED) is 0.652. The van der Waals surface area contributed by atoms with E-state index < -0.39 is 11.4 Å². The van der Waals surface area contributed by atoms with E-state index in [0.717, 1.165) is 13.1 Å². The van der Waals surface area contributed by atoms with Gasteiger partial charge in [-0.25, -0.2) is 0 Å². The van der Waals surface area contributed by atoms with E-state index in [9.17, 15) is 4.79 Å². The molecule has 5 heteroatoms. The van der Waals surface area contributed by atoms with Gasteiger partial charge in [0.1, 0.15) is 5.54 Å². The minimum absolute atomic E-state index is 0.178. The lowest BCUT2D eigenvalue weighted by molar-refractivity contribution is -0.125. The van der Waals surface area contributed by atoms with Crippen molar-refractivity contribution in [3.05, 3.63) is 0 Å². The molecule has 1 saturated heterocycles. The number of rotatable bonds is 3. The third-order valence-electron chi connectivity index (χ3n) is 2.61. The summed E-state index contributed by atoms with van der Waals surface area (Å²) in [6.07, 6.45) is 0.356. The predicted octanol–water partition coefficient (Wildman–Crippen LogP) is -0.702. The zero-order valence-corrected chi connectivity index (χ0v) is 9.69. The van der Waals surface area contributed by atoms with Crippen LogP contribution in [0, 0.1) is 0 Å². The number of hydrogen-bond acceptors (Lipinski definition) is 4. The molecule has 0 radical (unpaired) electrons. The summed E-state index contributed by atoms with van der Waals surface area (Å²) in [7, 11) is 0. The molecule has 0 aromatic rings. The van der Waals surface area contributed by atoms with Crippen LogP contribution in [0.15, 0.2) is 0 Å². The molecule has 1 unspecified atom stereocenters. The molecule has 0 aromatic heterocycles. The Morgan fingerprint density at radius 1 is 1.47 bits per heavy atom. The number of amides is 1. The molecular formula is C10H21N3O2. The fourth-order valence-electron chi connectivity index (χ4n) is 1.96. The van der Waals surface area contributed by atoms with Gasteiger partial charge in [0, 0.05) is 19.6 Å². The average molecular weight is 215 g/mol. The van der Waals surface area contributed by atoms with Crippen LogP contribution in [-0.2, 0) is 9.53 Å². The van der Waals surface area contributed by atoms with Gasteiger partial charge in [0.15, 0.2) is 0 Å². The van der Waals surface area contributed by atoms with E-state index in [0.29, 0.717) is 6.54 Å². The van der Waals surface area contributed by atoms with Crippen molar-refractivity contribution in [3.8, 4) is 0 Å². The van der Waals surface area contributed by atoms with E-state index in [2.05, 4.69) is 4.90 Å². The van der Waals surface area contributed by atoms with Gasteiger partial charge in [-0.15, -0.1) is 0 Å². The Morgan fingerprint density at radius 2 is 1.93 bits per heavy atom. The van der Waals surface area contributed by atoms with Crippen LogP contribution in [0.3, 0.4) is 0 Å². The molecular weight excluding hydrogens is 194 g/mol. The number of carbonyl (C=O) groups is 1. The van der Waals surface area contributed by atoms with E-state index in [-0.39, 0.29) is 12.2 Å². The molecule has 0 bridgehead atoms. The predicted molar refractivity (Wildman–Crippen MR) is 58.2 cm³/mol. The van der Waals surface area contributed by atoms with Crippen LogP contribution >= 0.6 is 0 Å². The summed E-state index contributed by atoms with van der Waals surface area (Å²) in [5.74, 6) is -0.464. The topological polar surface area (TPSA) is 81.6 Å². The summed E-state index contributed by atoms with van der Waals surface area (Å²) in [4.78, 5) is 13.2. The first-order valence-corrected chi connectivity index (χ1v) is 5.28. The van der Waals surface area contributed by atoms with Gasteiger partial charge in [-0.1, -0.05) is 0 Å². The van der Waals surface area contributed by atoms with Crippen molar-refractivity contribution in [1.82, 2.24) is 4.90 Å². The summed E-state index contributed by atoms with van der Waals surface area (Å²) in [6, 6.07) is 0. The zero-order valence-electron chi connectivity index (χ0n) is 9.69. The van der Waals surface area contributed by atoms with Crippen LogP contribution < -0.4 is 11.5 Å². The second-order valence-electron chi connectivity index (χ2n) is 4.73. The molecule has 0 saturated carbocycles. The van der Waals surface area contributed by atoms with Crippen molar-refractivity contribution in [1.29, 1.82) is 0 Å². The molecule has 1 aliphatic rings. The van der Waals surface area contributed by atoms with Crippen LogP contribution in [0.4, 0.5) is 0 Å². The normalized spacial score (nSPS) is 32.3. The molecule has 1 fully saturated rings. The minimum Gasteiger partial charge on any atom is -0.373 e. The Labute approximate surface area is 90.7 Å². The lowest BCUT2D eigenvalue weighted by Gasteiger charge is -2.38. The number of primary amides is 1. The Balaban J connectivity index is 2.54. The lowest BCUT2D eigenvalue weighted by atomic mass is 10.0. The smallest absolute Gasteiger partial charge is 0.238 e. The molecule has 1 rings (SSSR count). The van der Waals surface area contributed by atoms with Gasteiger partial charge in [-0.3, -0.25) is 9.69 Å². The van der Waals surface area contributed by atoms with Crippen LogP contribution in [0.25, 0.3) is 0 Å². The van der Waals surface area contributed by atoms with E-state index >= 15 is 0 Å². The van der Waals surface area contributed by atoms with Crippen LogP contribution in [0.2, 0.25) is 0 Å². The summed E-state index contributed by atoms with van der Waals surface area (Å²) >= 11 is 0. The highest BCUT2D eigenvalue weighted by Crippen LogP contribution is 2.13. The van der Waals surface area contributed by atoms with Gasteiger partial charge in [-0.05, 0) is 20.8 Å². The SMILES string of the molecule is C[C@@H]1CN(CC(C)(N)C(N)=O)C[C@H](C)O1. The number of nitrogens with two attached hydrogens (primary N) is 2. The number of ether oxygens (including phenoxy) is 1. The molecule has 0 spiro atoms. The molecule has 5 nitrogen and oxygen atoms in total. The highest BCUT2D eigenvalue weighted by Gasteiger charge is 2.31. The number of carbonyl (C=O) groups excluding carboxylic acids is 1. The standard InChI is InChI=1S/C10H21N3O2/c1-7-4-13(5-8(2)15-7)6-10(3,12)9(11)14/h7-8H,4-6,12H2,1-3H3,(H2,11,14)/t7-,8+,10?. The monoisotopic (exact) mass is 215 g/mol. The summed E-state index contributed by atoms with van der Waals surface area (Å²) < 4.78 is 5.59. The van der Waals surface area contributed by atoms with Gasteiger partial charge in [0.2, 0.25) is 5.91 Å². The van der Waals surface area contributed by atoms with Crippen molar-refractivity contribution in [2.24, 2.45) is 11.5 Å². The molecule has 1 heterocycles. The third kappa shape index (κ3) is 3.44. The fourth-order valence-corrected chi connectivity index (χ4v) is 1.96. The first-order valence-electron chi connectivity index (χ1n) is 5.28. The maximum absolute atomic E-state index is 11.1. The minimum atomic E-state index is -0.962. The summed E-state index contributed by atoms with van der Waals surface area (Å²) in [5.41, 5.74) is 10.1. The Hall–Kier alpha value is -0.650. The maximum Gasteiger partial charge on any atom is 0.238 e. The molecule has 3 atom stereocenters. The molecule has 1 aliphatic heterocycles. The van der Waals surface area contributed by atoms with Gasteiger partial charge in [-0.2, -0.15) is 0 Å². The van der Waals surface area contributed by atoms with Crippen molar-refractivity contribution < 1.29 is 9.53 Å². The zero-order chi connectivity index (χ0) is 11.6. The molecule has 0 aromatic carbocycles. The second kappa shape index (κ2) is 4.47. The fraction of sp³-hybridized carbons (Fsp3) is 0.900. The third-order valence-corrected chi connectivity index (χ3v) is 2.61. The second-order valence-corrected chi connectivity index (χ2v) is 4.73. The molecule has 4 N–H and O–H groups in total. The summed E-state index contributed by atoms with van der Waals surface area (Å²) in [5, 5.41) is 0. The Morgan fingerprint density at radius 3 is 2.33 bits per heavy atom. The molecule has 0 aliphatic carbocycles. The van der Waals surface area contributed by atoms with Crippen molar-refractivity contribution in [2.45, 2.75) is 38.5 Å². The molecule has 88 valence electrons. The number of morpholine rings is 1. The van der Waals surface area contributed by atoms with Crippen molar-refractivity contribution in [2.75, 3.05) is 19.6 Å². The maximum atomic E-state index is 11.1. The Kier molecular flexibility index (Phi) is 3.70. The van der Waals surface area contributed by atoms with E-state index in [4.69, 9.17) is 16.2 Å². The highest BCUT2D eigenvalue weighted by atomic mass is 16.5. The van der Waals surface area contributed by atoms with Crippen molar-refractivity contribution >= 4 is 5.91 Å². The van der Waals surface area contributed by atoms with E-state index in [1.165, 1.54) is 0 Å². The summed E-state index contributed by atoms with van der Waals surface area (Å²) in [6.45, 7) is 7.77. The Bertz CT molecular complexity index is 233. The number of hydrogen-bond donors (Lipinski definition) is 2. The average Bonchev–Trinajstić information content (AvgIpc) is 1.99. The van der Waals surface area contributed by atoms with Crippen LogP contribution in [-0.4, -0.2) is 48.2 Å². The van der Waals surface area contributed by atoms with Gasteiger partial charge in [0.05, 0.1) is 12.2 Å². The van der Waals surface area contributed by atoms with E-state index in [1.54, 1.807) is 6.92 Å².